The molecule has 0 bridgehead atoms. The SMILES string of the molecule is C[C@@H]1CCC=C1C(C)(C)C. The molecule has 0 radical (unpaired) electrons. The molecule has 0 saturated carbocycles. The zero-order valence-corrected chi connectivity index (χ0v) is 7.57. The van der Waals surface area contributed by atoms with Gasteiger partial charge in [-0.2, -0.15) is 0 Å². The Balaban J connectivity index is 2.72. The topological polar surface area (TPSA) is 0 Å². The second-order valence-electron chi connectivity index (χ2n) is 4.39. The predicted molar refractivity (Wildman–Crippen MR) is 45.9 cm³/mol. The molecule has 1 rings (SSSR count). The van der Waals surface area contributed by atoms with Crippen LogP contribution in [0.2, 0.25) is 0 Å². The van der Waals surface area contributed by atoms with Crippen LogP contribution in [0.5, 0.6) is 0 Å². The maximum absolute atomic E-state index is 2.42. The van der Waals surface area contributed by atoms with Crippen molar-refractivity contribution in [3.05, 3.63) is 11.6 Å². The lowest BCUT2D eigenvalue weighted by atomic mass is 9.81. The summed E-state index contributed by atoms with van der Waals surface area (Å²) in [7, 11) is 0. The second kappa shape index (κ2) is 2.41. The Morgan fingerprint density at radius 1 is 1.40 bits per heavy atom. The van der Waals surface area contributed by atoms with Gasteiger partial charge in [0.1, 0.15) is 0 Å². The molecule has 0 amide bonds. The summed E-state index contributed by atoms with van der Waals surface area (Å²) in [4.78, 5) is 0. The van der Waals surface area contributed by atoms with Gasteiger partial charge in [-0.25, -0.2) is 0 Å². The molecule has 0 N–H and O–H groups in total. The first-order valence-electron chi connectivity index (χ1n) is 4.22. The number of hydrogen-bond donors (Lipinski definition) is 0. The Kier molecular flexibility index (Phi) is 1.89. The summed E-state index contributed by atoms with van der Waals surface area (Å²) in [6.07, 6.45) is 5.09. The van der Waals surface area contributed by atoms with E-state index in [9.17, 15) is 0 Å². The van der Waals surface area contributed by atoms with Crippen LogP contribution in [0.3, 0.4) is 0 Å². The van der Waals surface area contributed by atoms with Gasteiger partial charge in [0.15, 0.2) is 0 Å². The summed E-state index contributed by atoms with van der Waals surface area (Å²) in [5.74, 6) is 0.833. The minimum absolute atomic E-state index is 0.413. The van der Waals surface area contributed by atoms with E-state index in [-0.39, 0.29) is 0 Å². The molecule has 0 aromatic heterocycles. The lowest BCUT2D eigenvalue weighted by Crippen LogP contribution is -2.12. The first-order chi connectivity index (χ1) is 4.52. The quantitative estimate of drug-likeness (QED) is 0.450. The van der Waals surface area contributed by atoms with Crippen LogP contribution >= 0.6 is 0 Å². The average Bonchev–Trinajstić information content (AvgIpc) is 2.11. The third-order valence-electron chi connectivity index (χ3n) is 2.36. The number of hydrogen-bond acceptors (Lipinski definition) is 0. The summed E-state index contributed by atoms with van der Waals surface area (Å²) in [6, 6.07) is 0. The summed E-state index contributed by atoms with van der Waals surface area (Å²) in [5.41, 5.74) is 2.07. The van der Waals surface area contributed by atoms with E-state index in [1.54, 1.807) is 5.57 Å². The Labute approximate surface area is 64.3 Å². The molecule has 0 saturated heterocycles. The van der Waals surface area contributed by atoms with Crippen LogP contribution in [0, 0.1) is 11.3 Å². The Morgan fingerprint density at radius 2 is 2.00 bits per heavy atom. The van der Waals surface area contributed by atoms with E-state index in [4.69, 9.17) is 0 Å². The van der Waals surface area contributed by atoms with Crippen molar-refractivity contribution in [2.75, 3.05) is 0 Å². The van der Waals surface area contributed by atoms with Crippen molar-refractivity contribution in [3.8, 4) is 0 Å². The van der Waals surface area contributed by atoms with Crippen LogP contribution in [0.25, 0.3) is 0 Å². The van der Waals surface area contributed by atoms with Crippen molar-refractivity contribution in [2.45, 2.75) is 40.5 Å². The molecule has 0 aliphatic heterocycles. The van der Waals surface area contributed by atoms with Gasteiger partial charge in [-0.1, -0.05) is 39.3 Å². The van der Waals surface area contributed by atoms with Crippen LogP contribution in [0.1, 0.15) is 40.5 Å². The van der Waals surface area contributed by atoms with E-state index in [0.29, 0.717) is 5.41 Å². The summed E-state index contributed by atoms with van der Waals surface area (Å²) >= 11 is 0. The molecule has 0 unspecified atom stereocenters. The highest BCUT2D eigenvalue weighted by atomic mass is 14.3. The van der Waals surface area contributed by atoms with E-state index in [2.05, 4.69) is 33.8 Å². The summed E-state index contributed by atoms with van der Waals surface area (Å²) in [5, 5.41) is 0. The molecule has 0 heteroatoms. The molecule has 0 aromatic rings. The maximum atomic E-state index is 2.42. The van der Waals surface area contributed by atoms with Gasteiger partial charge in [0.25, 0.3) is 0 Å². The monoisotopic (exact) mass is 138 g/mol. The van der Waals surface area contributed by atoms with E-state index < -0.39 is 0 Å². The fourth-order valence-corrected chi connectivity index (χ4v) is 1.89. The minimum Gasteiger partial charge on any atom is -0.0845 e. The largest absolute Gasteiger partial charge is 0.0845 e. The average molecular weight is 138 g/mol. The molecule has 1 atom stereocenters. The third-order valence-corrected chi connectivity index (χ3v) is 2.36. The fraction of sp³-hybridized carbons (Fsp3) is 0.800. The van der Waals surface area contributed by atoms with Crippen LogP contribution in [-0.4, -0.2) is 0 Å². The minimum atomic E-state index is 0.413. The Hall–Kier alpha value is -0.260. The van der Waals surface area contributed by atoms with Crippen LogP contribution in [-0.2, 0) is 0 Å². The van der Waals surface area contributed by atoms with Crippen LogP contribution in [0.4, 0.5) is 0 Å². The zero-order valence-electron chi connectivity index (χ0n) is 7.57. The van der Waals surface area contributed by atoms with Crippen molar-refractivity contribution >= 4 is 0 Å². The third kappa shape index (κ3) is 1.42. The van der Waals surface area contributed by atoms with Crippen molar-refractivity contribution in [1.29, 1.82) is 0 Å². The van der Waals surface area contributed by atoms with Gasteiger partial charge in [0.2, 0.25) is 0 Å². The lowest BCUT2D eigenvalue weighted by Gasteiger charge is -2.24. The molecular formula is C10H18. The van der Waals surface area contributed by atoms with E-state index in [1.165, 1.54) is 12.8 Å². The smallest absolute Gasteiger partial charge is 0.0170 e. The maximum Gasteiger partial charge on any atom is -0.0170 e. The van der Waals surface area contributed by atoms with E-state index in [1.807, 2.05) is 0 Å². The molecule has 0 aromatic carbocycles. The molecule has 10 heavy (non-hydrogen) atoms. The molecular weight excluding hydrogens is 120 g/mol. The van der Waals surface area contributed by atoms with Crippen LogP contribution < -0.4 is 0 Å². The molecule has 0 heterocycles. The lowest BCUT2D eigenvalue weighted by molar-refractivity contribution is 0.444. The fourth-order valence-electron chi connectivity index (χ4n) is 1.89. The predicted octanol–water partition coefficient (Wildman–Crippen LogP) is 3.39. The first-order valence-corrected chi connectivity index (χ1v) is 4.22. The molecule has 0 spiro atoms. The highest BCUT2D eigenvalue weighted by Crippen LogP contribution is 2.37. The van der Waals surface area contributed by atoms with Gasteiger partial charge in [-0.15, -0.1) is 0 Å². The van der Waals surface area contributed by atoms with Crippen LogP contribution in [0.15, 0.2) is 11.6 Å². The number of rotatable bonds is 0. The second-order valence-corrected chi connectivity index (χ2v) is 4.39. The van der Waals surface area contributed by atoms with Crippen molar-refractivity contribution in [2.24, 2.45) is 11.3 Å². The zero-order chi connectivity index (χ0) is 7.78. The van der Waals surface area contributed by atoms with Gasteiger partial charge >= 0.3 is 0 Å². The van der Waals surface area contributed by atoms with Gasteiger partial charge in [-0.05, 0) is 24.2 Å². The van der Waals surface area contributed by atoms with Gasteiger partial charge in [0, 0.05) is 0 Å². The molecule has 58 valence electrons. The standard InChI is InChI=1S/C10H18/c1-8-6-5-7-9(8)10(2,3)4/h7-8H,5-6H2,1-4H3/t8-/m1/s1. The Bertz CT molecular complexity index is 146. The van der Waals surface area contributed by atoms with Gasteiger partial charge in [0.05, 0.1) is 0 Å². The molecule has 1 aliphatic rings. The van der Waals surface area contributed by atoms with Crippen molar-refractivity contribution < 1.29 is 0 Å². The van der Waals surface area contributed by atoms with Gasteiger partial charge in [-0.3, -0.25) is 0 Å². The molecule has 0 fully saturated rings. The highest BCUT2D eigenvalue weighted by Gasteiger charge is 2.24. The Morgan fingerprint density at radius 3 is 2.20 bits per heavy atom. The molecule has 1 aliphatic carbocycles. The normalized spacial score (nSPS) is 26.8. The van der Waals surface area contributed by atoms with Gasteiger partial charge < -0.3 is 0 Å². The van der Waals surface area contributed by atoms with Crippen molar-refractivity contribution in [1.82, 2.24) is 0 Å². The molecule has 0 nitrogen and oxygen atoms in total. The van der Waals surface area contributed by atoms with E-state index in [0.717, 1.165) is 5.92 Å². The highest BCUT2D eigenvalue weighted by molar-refractivity contribution is 5.18. The van der Waals surface area contributed by atoms with Crippen molar-refractivity contribution in [3.63, 3.8) is 0 Å². The summed E-state index contributed by atoms with van der Waals surface area (Å²) in [6.45, 7) is 9.26. The first kappa shape index (κ1) is 7.84. The van der Waals surface area contributed by atoms with E-state index >= 15 is 0 Å². The number of allylic oxidation sites excluding steroid dienone is 2. The summed E-state index contributed by atoms with van der Waals surface area (Å²) < 4.78 is 0.